The molecule has 166 valence electrons. The summed E-state index contributed by atoms with van der Waals surface area (Å²) in [6.07, 6.45) is 10.8. The number of hydrogen-bond donors (Lipinski definition) is 1. The molecule has 4 nitrogen and oxygen atoms in total. The standard InChI is InChI=1S/C26H32ClNO3/c1-25-13-11-19(31-24(29)16-3-6-18(27)7-4-16)15-17(25)5-8-20-21-9-10-23(28-30)26(21,2)14-12-22(20)25/h3-7,19-22,30H,8-15H2,1-2H3/b28-23+/t19-,20-,21-,22-,25-,26-/m0/s1. The highest BCUT2D eigenvalue weighted by Crippen LogP contribution is 2.64. The van der Waals surface area contributed by atoms with Crippen LogP contribution in [0.1, 0.15) is 75.6 Å². The Morgan fingerprint density at radius 3 is 2.55 bits per heavy atom. The highest BCUT2D eigenvalue weighted by molar-refractivity contribution is 6.30. The van der Waals surface area contributed by atoms with Gasteiger partial charge in [-0.3, -0.25) is 0 Å². The van der Waals surface area contributed by atoms with Crippen molar-refractivity contribution in [1.29, 1.82) is 0 Å². The van der Waals surface area contributed by atoms with E-state index in [1.807, 2.05) is 0 Å². The first kappa shape index (κ1) is 21.1. The number of hydrogen-bond acceptors (Lipinski definition) is 4. The maximum atomic E-state index is 12.6. The second kappa shape index (κ2) is 7.65. The van der Waals surface area contributed by atoms with Crippen LogP contribution in [0, 0.1) is 28.6 Å². The van der Waals surface area contributed by atoms with Gasteiger partial charge in [0.2, 0.25) is 0 Å². The van der Waals surface area contributed by atoms with Gasteiger partial charge in [-0.15, -0.1) is 0 Å². The molecular weight excluding hydrogens is 410 g/mol. The number of carbonyl (C=O) groups is 1. The fourth-order valence-electron chi connectivity index (χ4n) is 7.49. The molecule has 1 aromatic rings. The lowest BCUT2D eigenvalue weighted by Crippen LogP contribution is -2.50. The first-order valence-electron chi connectivity index (χ1n) is 11.7. The Morgan fingerprint density at radius 1 is 1.10 bits per heavy atom. The van der Waals surface area contributed by atoms with Crippen molar-refractivity contribution < 1.29 is 14.7 Å². The molecule has 0 radical (unpaired) electrons. The fourth-order valence-corrected chi connectivity index (χ4v) is 7.61. The van der Waals surface area contributed by atoms with Gasteiger partial charge in [0.15, 0.2) is 0 Å². The fraction of sp³-hybridized carbons (Fsp3) is 0.615. The monoisotopic (exact) mass is 441 g/mol. The summed E-state index contributed by atoms with van der Waals surface area (Å²) in [7, 11) is 0. The molecule has 5 heteroatoms. The molecule has 4 aliphatic carbocycles. The summed E-state index contributed by atoms with van der Waals surface area (Å²) < 4.78 is 5.89. The molecule has 6 atom stereocenters. The number of fused-ring (bicyclic) bond motifs is 5. The number of carbonyl (C=O) groups excluding carboxylic acids is 1. The Hall–Kier alpha value is -1.81. The molecule has 0 aliphatic heterocycles. The first-order chi connectivity index (χ1) is 14.8. The number of halogens is 1. The van der Waals surface area contributed by atoms with Crippen LogP contribution in [0.15, 0.2) is 41.1 Å². The average molecular weight is 442 g/mol. The van der Waals surface area contributed by atoms with Crippen LogP contribution in [0.4, 0.5) is 0 Å². The molecular formula is C26H32ClNO3. The number of ether oxygens (including phenoxy) is 1. The minimum absolute atomic E-state index is 0.0486. The van der Waals surface area contributed by atoms with Gasteiger partial charge in [0, 0.05) is 16.9 Å². The zero-order valence-electron chi connectivity index (χ0n) is 18.4. The summed E-state index contributed by atoms with van der Waals surface area (Å²) in [6.45, 7) is 4.77. The molecule has 0 bridgehead atoms. The van der Waals surface area contributed by atoms with E-state index in [2.05, 4.69) is 25.1 Å². The zero-order valence-corrected chi connectivity index (χ0v) is 19.2. The number of rotatable bonds is 2. The van der Waals surface area contributed by atoms with Gasteiger partial charge in [-0.2, -0.15) is 0 Å². The highest BCUT2D eigenvalue weighted by atomic mass is 35.5. The maximum Gasteiger partial charge on any atom is 0.338 e. The van der Waals surface area contributed by atoms with Gasteiger partial charge < -0.3 is 9.94 Å². The summed E-state index contributed by atoms with van der Waals surface area (Å²) in [6, 6.07) is 6.92. The lowest BCUT2D eigenvalue weighted by molar-refractivity contribution is -0.0287. The van der Waals surface area contributed by atoms with E-state index in [1.54, 1.807) is 24.3 Å². The smallest absolute Gasteiger partial charge is 0.338 e. The lowest BCUT2D eigenvalue weighted by atomic mass is 9.48. The van der Waals surface area contributed by atoms with E-state index in [0.717, 1.165) is 50.7 Å². The van der Waals surface area contributed by atoms with Crippen molar-refractivity contribution >= 4 is 23.3 Å². The van der Waals surface area contributed by atoms with Gasteiger partial charge in [-0.05, 0) is 92.4 Å². The number of benzene rings is 1. The van der Waals surface area contributed by atoms with Crippen molar-refractivity contribution in [3.8, 4) is 0 Å². The second-order valence-corrected chi connectivity index (χ2v) is 11.0. The van der Waals surface area contributed by atoms with Crippen LogP contribution in [0.25, 0.3) is 0 Å². The highest BCUT2D eigenvalue weighted by Gasteiger charge is 2.58. The number of oxime groups is 1. The van der Waals surface area contributed by atoms with Gasteiger partial charge in [-0.25, -0.2) is 4.79 Å². The Balaban J connectivity index is 1.32. The van der Waals surface area contributed by atoms with Crippen molar-refractivity contribution in [3.05, 3.63) is 46.5 Å². The molecule has 1 N–H and O–H groups in total. The topological polar surface area (TPSA) is 58.9 Å². The molecule has 0 saturated heterocycles. The van der Waals surface area contributed by atoms with E-state index in [1.165, 1.54) is 12.0 Å². The molecule has 0 spiro atoms. The SMILES string of the molecule is C[C@]12CC[C@H](OC(=O)c3ccc(Cl)cc3)CC1=CC[C@@H]1[C@@H]2CC[C@]2(C)/C(=N/O)CC[C@@H]12. The van der Waals surface area contributed by atoms with Crippen LogP contribution < -0.4 is 0 Å². The molecule has 1 aromatic carbocycles. The predicted molar refractivity (Wildman–Crippen MR) is 122 cm³/mol. The number of esters is 1. The van der Waals surface area contributed by atoms with Crippen LogP contribution in [-0.4, -0.2) is 23.0 Å². The largest absolute Gasteiger partial charge is 0.458 e. The molecule has 5 rings (SSSR count). The summed E-state index contributed by atoms with van der Waals surface area (Å²) in [4.78, 5) is 12.6. The average Bonchev–Trinajstić information content (AvgIpc) is 3.10. The van der Waals surface area contributed by atoms with Crippen molar-refractivity contribution in [2.75, 3.05) is 0 Å². The van der Waals surface area contributed by atoms with E-state index in [0.29, 0.717) is 28.3 Å². The molecule has 0 unspecified atom stereocenters. The van der Waals surface area contributed by atoms with Gasteiger partial charge in [0.05, 0.1) is 11.3 Å². The summed E-state index contributed by atoms with van der Waals surface area (Å²) in [5, 5.41) is 13.8. The number of nitrogens with zero attached hydrogens (tertiary/aromatic N) is 1. The minimum atomic E-state index is -0.255. The van der Waals surface area contributed by atoms with Crippen LogP contribution in [0.5, 0.6) is 0 Å². The van der Waals surface area contributed by atoms with E-state index in [-0.39, 0.29) is 22.9 Å². The molecule has 4 aliphatic rings. The molecule has 3 saturated carbocycles. The quantitative estimate of drug-likeness (QED) is 0.241. The van der Waals surface area contributed by atoms with Crippen molar-refractivity contribution in [2.45, 2.75) is 71.3 Å². The third-order valence-corrected chi connectivity index (χ3v) is 9.53. The summed E-state index contributed by atoms with van der Waals surface area (Å²) in [5.74, 6) is 1.71. The normalized spacial score (nSPS) is 40.5. The van der Waals surface area contributed by atoms with Crippen LogP contribution in [0.2, 0.25) is 5.02 Å². The van der Waals surface area contributed by atoms with Gasteiger partial charge >= 0.3 is 5.97 Å². The molecule has 0 amide bonds. The number of allylic oxidation sites excluding steroid dienone is 1. The van der Waals surface area contributed by atoms with Gasteiger partial charge in [0.1, 0.15) is 6.10 Å². The molecule has 0 aromatic heterocycles. The second-order valence-electron chi connectivity index (χ2n) is 10.6. The maximum absolute atomic E-state index is 12.6. The predicted octanol–water partition coefficient (Wildman–Crippen LogP) is 6.66. The summed E-state index contributed by atoms with van der Waals surface area (Å²) in [5.41, 5.74) is 3.35. The third-order valence-electron chi connectivity index (χ3n) is 9.27. The van der Waals surface area contributed by atoms with Crippen molar-refractivity contribution in [2.24, 2.45) is 33.7 Å². The minimum Gasteiger partial charge on any atom is -0.458 e. The van der Waals surface area contributed by atoms with Crippen molar-refractivity contribution in [3.63, 3.8) is 0 Å². The Kier molecular flexibility index (Phi) is 5.20. The van der Waals surface area contributed by atoms with Crippen LogP contribution in [0.3, 0.4) is 0 Å². The Morgan fingerprint density at radius 2 is 1.81 bits per heavy atom. The van der Waals surface area contributed by atoms with Gasteiger partial charge in [-0.1, -0.05) is 42.3 Å². The van der Waals surface area contributed by atoms with E-state index < -0.39 is 0 Å². The Labute approximate surface area is 189 Å². The van der Waals surface area contributed by atoms with E-state index in [4.69, 9.17) is 16.3 Å². The van der Waals surface area contributed by atoms with Crippen molar-refractivity contribution in [1.82, 2.24) is 0 Å². The molecule has 0 heterocycles. The molecule has 3 fully saturated rings. The van der Waals surface area contributed by atoms with Crippen LogP contribution >= 0.6 is 11.6 Å². The van der Waals surface area contributed by atoms with E-state index >= 15 is 0 Å². The summed E-state index contributed by atoms with van der Waals surface area (Å²) >= 11 is 5.94. The van der Waals surface area contributed by atoms with Crippen LogP contribution in [-0.2, 0) is 4.74 Å². The Bertz CT molecular complexity index is 938. The lowest BCUT2D eigenvalue weighted by Gasteiger charge is -2.57. The van der Waals surface area contributed by atoms with Gasteiger partial charge in [0.25, 0.3) is 0 Å². The first-order valence-corrected chi connectivity index (χ1v) is 12.1. The zero-order chi connectivity index (χ0) is 21.8. The van der Waals surface area contributed by atoms with E-state index in [9.17, 15) is 10.0 Å². The third kappa shape index (κ3) is 3.33. The molecule has 31 heavy (non-hydrogen) atoms.